The van der Waals surface area contributed by atoms with E-state index < -0.39 is 17.6 Å². The molecule has 4 amide bonds. The number of urea groups is 1. The first kappa shape index (κ1) is 21.9. The second kappa shape index (κ2) is 9.02. The van der Waals surface area contributed by atoms with E-state index in [4.69, 9.17) is 4.74 Å². The highest BCUT2D eigenvalue weighted by Crippen LogP contribution is 2.39. The molecule has 7 nitrogen and oxygen atoms in total. The number of nitrogens with zero attached hydrogens (tertiary/aromatic N) is 2. The molecule has 4 rings (SSSR count). The largest absolute Gasteiger partial charge is 0.497 e. The number of methoxy groups -OCH3 is 1. The summed E-state index contributed by atoms with van der Waals surface area (Å²) in [6.07, 6.45) is 4.21. The third-order valence-electron chi connectivity index (χ3n) is 6.67. The molecule has 1 saturated heterocycles. The molecule has 1 saturated carbocycles. The number of rotatable bonds is 6. The quantitative estimate of drug-likeness (QED) is 0.705. The minimum absolute atomic E-state index is 0.249. The summed E-state index contributed by atoms with van der Waals surface area (Å²) >= 11 is 0. The van der Waals surface area contributed by atoms with Crippen LogP contribution in [0.1, 0.15) is 49.3 Å². The Morgan fingerprint density at radius 3 is 2.25 bits per heavy atom. The zero-order valence-corrected chi connectivity index (χ0v) is 18.5. The van der Waals surface area contributed by atoms with Crippen molar-refractivity contribution in [3.8, 4) is 5.75 Å². The van der Waals surface area contributed by atoms with Gasteiger partial charge >= 0.3 is 6.03 Å². The van der Waals surface area contributed by atoms with Crippen molar-refractivity contribution in [2.75, 3.05) is 20.7 Å². The third-order valence-corrected chi connectivity index (χ3v) is 6.67. The highest BCUT2D eigenvalue weighted by atomic mass is 16.5. The first-order chi connectivity index (χ1) is 15.5. The van der Waals surface area contributed by atoms with E-state index >= 15 is 0 Å². The topological polar surface area (TPSA) is 79.0 Å². The molecule has 2 aromatic rings. The van der Waals surface area contributed by atoms with Gasteiger partial charge in [0.15, 0.2) is 0 Å². The highest BCUT2D eigenvalue weighted by Gasteiger charge is 2.55. The van der Waals surface area contributed by atoms with E-state index in [1.165, 1.54) is 0 Å². The van der Waals surface area contributed by atoms with Gasteiger partial charge in [0.05, 0.1) is 13.2 Å². The summed E-state index contributed by atoms with van der Waals surface area (Å²) < 4.78 is 5.24. The maximum atomic E-state index is 13.2. The Morgan fingerprint density at radius 1 is 1.00 bits per heavy atom. The number of ether oxygens (including phenoxy) is 1. The predicted molar refractivity (Wildman–Crippen MR) is 120 cm³/mol. The summed E-state index contributed by atoms with van der Waals surface area (Å²) in [4.78, 5) is 41.8. The molecule has 7 heteroatoms. The molecule has 2 aromatic carbocycles. The van der Waals surface area contributed by atoms with Gasteiger partial charge in [0, 0.05) is 7.05 Å². The molecule has 168 valence electrons. The lowest BCUT2D eigenvalue weighted by atomic mass is 9.81. The highest BCUT2D eigenvalue weighted by molar-refractivity contribution is 6.09. The van der Waals surface area contributed by atoms with Crippen LogP contribution in [0.4, 0.5) is 4.79 Å². The van der Waals surface area contributed by atoms with Gasteiger partial charge in [-0.15, -0.1) is 0 Å². The van der Waals surface area contributed by atoms with Crippen LogP contribution >= 0.6 is 0 Å². The van der Waals surface area contributed by atoms with Gasteiger partial charge in [-0.1, -0.05) is 61.7 Å². The molecule has 1 aliphatic heterocycles. The van der Waals surface area contributed by atoms with Crippen LogP contribution in [-0.4, -0.2) is 53.9 Å². The normalized spacial score (nSPS) is 18.7. The van der Waals surface area contributed by atoms with Crippen molar-refractivity contribution >= 4 is 17.8 Å². The van der Waals surface area contributed by atoms with Crippen molar-refractivity contribution in [1.29, 1.82) is 0 Å². The monoisotopic (exact) mass is 435 g/mol. The molecule has 32 heavy (non-hydrogen) atoms. The number of amides is 4. The second-order valence-corrected chi connectivity index (χ2v) is 8.51. The number of hydrogen-bond donors (Lipinski definition) is 1. The Bertz CT molecular complexity index is 984. The van der Waals surface area contributed by atoms with Gasteiger partial charge in [-0.2, -0.15) is 0 Å². The van der Waals surface area contributed by atoms with Crippen molar-refractivity contribution in [3.05, 3.63) is 65.7 Å². The summed E-state index contributed by atoms with van der Waals surface area (Å²) in [5.74, 6) is 0.0964. The molecule has 0 aromatic heterocycles. The van der Waals surface area contributed by atoms with Crippen LogP contribution in [0.3, 0.4) is 0 Å². The van der Waals surface area contributed by atoms with Crippen LogP contribution in [0.25, 0.3) is 0 Å². The lowest BCUT2D eigenvalue weighted by Crippen LogP contribution is -2.49. The number of carbonyl (C=O) groups is 3. The number of imide groups is 1. The third kappa shape index (κ3) is 3.95. The fourth-order valence-electron chi connectivity index (χ4n) is 4.82. The van der Waals surface area contributed by atoms with Gasteiger partial charge in [0.2, 0.25) is 5.91 Å². The molecule has 1 aliphatic carbocycles. The lowest BCUT2D eigenvalue weighted by molar-refractivity contribution is -0.137. The lowest BCUT2D eigenvalue weighted by Gasteiger charge is -2.35. The van der Waals surface area contributed by atoms with Crippen molar-refractivity contribution in [2.45, 2.75) is 43.7 Å². The summed E-state index contributed by atoms with van der Waals surface area (Å²) in [6.45, 7) is -0.288. The number of hydrogen-bond acceptors (Lipinski definition) is 4. The van der Waals surface area contributed by atoms with Crippen molar-refractivity contribution in [3.63, 3.8) is 0 Å². The van der Waals surface area contributed by atoms with E-state index in [0.29, 0.717) is 12.8 Å². The van der Waals surface area contributed by atoms with Crippen molar-refractivity contribution < 1.29 is 19.1 Å². The zero-order chi connectivity index (χ0) is 22.7. The average Bonchev–Trinajstić information content (AvgIpc) is 3.00. The minimum Gasteiger partial charge on any atom is -0.497 e. The van der Waals surface area contributed by atoms with E-state index in [-0.39, 0.29) is 18.4 Å². The molecule has 0 radical (unpaired) electrons. The first-order valence-corrected chi connectivity index (χ1v) is 11.0. The van der Waals surface area contributed by atoms with Crippen molar-refractivity contribution in [2.24, 2.45) is 0 Å². The second-order valence-electron chi connectivity index (χ2n) is 8.51. The molecule has 1 unspecified atom stereocenters. The van der Waals surface area contributed by atoms with E-state index in [2.05, 4.69) is 5.32 Å². The van der Waals surface area contributed by atoms with Crippen LogP contribution in [0.5, 0.6) is 5.75 Å². The van der Waals surface area contributed by atoms with Crippen molar-refractivity contribution in [1.82, 2.24) is 15.1 Å². The number of likely N-dealkylation sites (N-methyl/N-ethyl adjacent to an activating group) is 1. The van der Waals surface area contributed by atoms with Crippen LogP contribution in [0.15, 0.2) is 54.6 Å². The molecular weight excluding hydrogens is 406 g/mol. The number of carbonyl (C=O) groups excluding carboxylic acids is 3. The van der Waals surface area contributed by atoms with E-state index in [9.17, 15) is 14.4 Å². The standard InChI is InChI=1S/C25H29N3O4/c1-27-24(31)28(23(30)25(27)15-7-4-8-16-25)17-21(29)26-22(18-9-5-3-6-10-18)19-11-13-20(32-2)14-12-19/h3,5-6,9-14,22H,4,7-8,15-17H2,1-2H3,(H,26,29). The Hall–Kier alpha value is -3.35. The smallest absolute Gasteiger partial charge is 0.327 e. The van der Waals surface area contributed by atoms with Crippen LogP contribution in [0, 0.1) is 0 Å². The predicted octanol–water partition coefficient (Wildman–Crippen LogP) is 3.50. The Balaban J connectivity index is 1.53. The summed E-state index contributed by atoms with van der Waals surface area (Å²) in [5, 5.41) is 3.02. The van der Waals surface area contributed by atoms with Crippen LogP contribution in [0.2, 0.25) is 0 Å². The van der Waals surface area contributed by atoms with Crippen LogP contribution in [-0.2, 0) is 9.59 Å². The zero-order valence-electron chi connectivity index (χ0n) is 18.5. The van der Waals surface area contributed by atoms with Gasteiger partial charge in [-0.05, 0) is 36.1 Å². The molecule has 1 atom stereocenters. The molecule has 1 spiro atoms. The Labute approximate surface area is 188 Å². The molecule has 2 aliphatic rings. The Morgan fingerprint density at radius 2 is 1.62 bits per heavy atom. The fourth-order valence-corrected chi connectivity index (χ4v) is 4.82. The van der Waals surface area contributed by atoms with Gasteiger partial charge in [0.1, 0.15) is 17.8 Å². The maximum absolute atomic E-state index is 13.2. The van der Waals surface area contributed by atoms with Gasteiger partial charge in [-0.3, -0.25) is 14.5 Å². The van der Waals surface area contributed by atoms with Gasteiger partial charge in [0.25, 0.3) is 5.91 Å². The Kier molecular flexibility index (Phi) is 6.17. The van der Waals surface area contributed by atoms with E-state index in [1.807, 2.05) is 54.6 Å². The van der Waals surface area contributed by atoms with Crippen LogP contribution < -0.4 is 10.1 Å². The minimum atomic E-state index is -0.787. The van der Waals surface area contributed by atoms with Gasteiger partial charge < -0.3 is 15.0 Å². The average molecular weight is 436 g/mol. The first-order valence-electron chi connectivity index (χ1n) is 11.0. The molecular formula is C25H29N3O4. The fraction of sp³-hybridized carbons (Fsp3) is 0.400. The summed E-state index contributed by atoms with van der Waals surface area (Å²) in [6, 6.07) is 16.3. The molecule has 2 fully saturated rings. The SMILES string of the molecule is COc1ccc(C(NC(=O)CN2C(=O)N(C)C3(CCCCC3)C2=O)c2ccccc2)cc1. The summed E-state index contributed by atoms with van der Waals surface area (Å²) in [7, 11) is 3.28. The van der Waals surface area contributed by atoms with Gasteiger partial charge in [-0.25, -0.2) is 4.79 Å². The summed E-state index contributed by atoms with van der Waals surface area (Å²) in [5.41, 5.74) is 1.00. The number of benzene rings is 2. The maximum Gasteiger partial charge on any atom is 0.327 e. The van der Waals surface area contributed by atoms with E-state index in [1.54, 1.807) is 19.1 Å². The number of nitrogens with one attached hydrogen (secondary N) is 1. The molecule has 1 heterocycles. The molecule has 1 N–H and O–H groups in total. The van der Waals surface area contributed by atoms with E-state index in [0.717, 1.165) is 41.0 Å². The molecule has 0 bridgehead atoms.